The third-order valence-corrected chi connectivity index (χ3v) is 20.2. The van der Waals surface area contributed by atoms with Crippen LogP contribution in [0.3, 0.4) is 0 Å². The van der Waals surface area contributed by atoms with Gasteiger partial charge in [0.25, 0.3) is 0 Å². The second-order valence-electron chi connectivity index (χ2n) is 16.0. The summed E-state index contributed by atoms with van der Waals surface area (Å²) in [5.74, 6) is 0. The zero-order valence-electron chi connectivity index (χ0n) is 33.0. The molecule has 0 radical (unpaired) electrons. The smallest absolute Gasteiger partial charge is 0.0711 e. The van der Waals surface area contributed by atoms with E-state index >= 15 is 0 Å². The molecule has 0 bridgehead atoms. The lowest BCUT2D eigenvalue weighted by molar-refractivity contribution is 1.18. The number of thiophene rings is 2. The van der Waals surface area contributed by atoms with Crippen LogP contribution < -0.4 is 20.7 Å². The van der Waals surface area contributed by atoms with Gasteiger partial charge in [-0.15, -0.1) is 22.7 Å². The van der Waals surface area contributed by atoms with E-state index in [1.165, 1.54) is 106 Å². The van der Waals surface area contributed by atoms with Gasteiger partial charge in [0, 0.05) is 31.9 Å². The summed E-state index contributed by atoms with van der Waals surface area (Å²) in [4.78, 5) is 2.57. The average Bonchev–Trinajstić information content (AvgIpc) is 4.14. The number of nitrogens with zero attached hydrogens (tertiary/aromatic N) is 2. The van der Waals surface area contributed by atoms with Gasteiger partial charge in [0.15, 0.2) is 0 Å². The molecule has 0 amide bonds. The van der Waals surface area contributed by atoms with Gasteiger partial charge < -0.3 is 9.13 Å². The molecule has 2 nitrogen and oxygen atoms in total. The van der Waals surface area contributed by atoms with Gasteiger partial charge in [-0.05, 0) is 79.9 Å². The zero-order valence-corrected chi connectivity index (χ0v) is 35.6. The first-order valence-corrected chi connectivity index (χ1v) is 24.5. The highest BCUT2D eigenvalue weighted by atomic mass is 32.1. The van der Waals surface area contributed by atoms with Crippen LogP contribution >= 0.6 is 22.7 Å². The van der Waals surface area contributed by atoms with Crippen LogP contribution in [-0.2, 0) is 0 Å². The van der Waals surface area contributed by atoms with E-state index in [-0.39, 0.29) is 0 Å². The maximum Gasteiger partial charge on any atom is 0.0711 e. The third-order valence-electron chi connectivity index (χ3n) is 12.8. The van der Waals surface area contributed by atoms with Crippen molar-refractivity contribution >= 4 is 93.7 Å². The molecule has 0 aliphatic carbocycles. The van der Waals surface area contributed by atoms with Crippen molar-refractivity contribution in [1.29, 1.82) is 0 Å². The molecule has 1 aliphatic rings. The molecule has 0 N–H and O–H groups in total. The monoisotopic (exact) mass is 828 g/mol. The molecular weight excluding hydrogens is 793 g/mol. The maximum atomic E-state index is 2.49. The first kappa shape index (κ1) is 34.8. The van der Waals surface area contributed by atoms with Gasteiger partial charge in [-0.1, -0.05) is 169 Å². The Morgan fingerprint density at radius 2 is 0.803 bits per heavy atom. The molecule has 0 saturated heterocycles. The Balaban J connectivity index is 0.987. The molecule has 8 aromatic carbocycles. The van der Waals surface area contributed by atoms with E-state index in [0.717, 1.165) is 0 Å². The highest BCUT2D eigenvalue weighted by Gasteiger charge is 2.36. The van der Waals surface area contributed by atoms with Crippen molar-refractivity contribution in [2.24, 2.45) is 0 Å². The number of rotatable bonds is 6. The van der Waals surface area contributed by atoms with Crippen LogP contribution in [0.5, 0.6) is 0 Å². The first-order chi connectivity index (χ1) is 30.3. The molecule has 4 aromatic heterocycles. The molecule has 5 heterocycles. The Morgan fingerprint density at radius 1 is 0.328 bits per heavy atom. The second-order valence-corrected chi connectivity index (χ2v) is 21.9. The van der Waals surface area contributed by atoms with Gasteiger partial charge in [-0.3, -0.25) is 0 Å². The Kier molecular flexibility index (Phi) is 7.70. The van der Waals surface area contributed by atoms with Gasteiger partial charge >= 0.3 is 0 Å². The Morgan fingerprint density at radius 3 is 1.44 bits per heavy atom. The predicted octanol–water partition coefficient (Wildman–Crippen LogP) is 12.7. The molecule has 0 unspecified atom stereocenters. The van der Waals surface area contributed by atoms with E-state index in [0.29, 0.717) is 0 Å². The highest BCUT2D eigenvalue weighted by Crippen LogP contribution is 2.48. The van der Waals surface area contributed by atoms with Crippen LogP contribution in [0.25, 0.3) is 85.6 Å². The van der Waals surface area contributed by atoms with Crippen LogP contribution in [0.4, 0.5) is 0 Å². The van der Waals surface area contributed by atoms with Crippen molar-refractivity contribution in [3.8, 4) is 43.4 Å². The summed E-state index contributed by atoms with van der Waals surface area (Å²) in [6, 6.07) is 81.4. The van der Waals surface area contributed by atoms with Crippen LogP contribution in [0, 0.1) is 0 Å². The standard InChI is InChI=1S/C56H36N2S2Si/c1-5-17-39(18-6-1)57-47-27-15-13-25-43(47)45-33-37(29-31-48(45)57)51-35-49-55(59-51)56-50(58(49)40-19-7-2-8-20-40)36-52(60-56)38-30-32-54-46(34-38)44-26-14-16-28-53(44)61(54,41-21-9-3-10-22-41)42-23-11-4-12-24-42/h1-36H/q-1. The molecule has 12 aromatic rings. The minimum absolute atomic E-state index is 1.18. The van der Waals surface area contributed by atoms with E-state index in [1.807, 2.05) is 22.7 Å². The summed E-state index contributed by atoms with van der Waals surface area (Å²) >= 11 is 3.84. The Hall–Kier alpha value is -7.02. The Labute approximate surface area is 362 Å². The highest BCUT2D eigenvalue weighted by molar-refractivity contribution is 7.30. The molecule has 287 valence electrons. The third kappa shape index (κ3) is 5.06. The lowest BCUT2D eigenvalue weighted by Crippen LogP contribution is -2.72. The van der Waals surface area contributed by atoms with Gasteiger partial charge in [-0.25, -0.2) is 0 Å². The molecule has 0 atom stereocenters. The van der Waals surface area contributed by atoms with Crippen molar-refractivity contribution in [3.05, 3.63) is 218 Å². The fourth-order valence-electron chi connectivity index (χ4n) is 10.3. The SMILES string of the molecule is c1ccc(-n2c3ccccc3c3cc(-c4cc5c(s4)c4sc(-c6ccc7c(c6)-c6ccccc6[Si-]7(c6ccccc6)c6ccccc6)cc4n5-c4ccccc4)ccc32)cc1. The summed E-state index contributed by atoms with van der Waals surface area (Å²) in [6.07, 6.45) is 0. The van der Waals surface area contributed by atoms with E-state index in [1.54, 1.807) is 0 Å². The number of para-hydroxylation sites is 3. The molecule has 13 rings (SSSR count). The normalized spacial score (nSPS) is 13.0. The molecule has 0 spiro atoms. The minimum atomic E-state index is -2.54. The minimum Gasteiger partial charge on any atom is -0.309 e. The fourth-order valence-corrected chi connectivity index (χ4v) is 17.9. The van der Waals surface area contributed by atoms with E-state index in [4.69, 9.17) is 0 Å². The van der Waals surface area contributed by atoms with Crippen LogP contribution in [-0.4, -0.2) is 17.2 Å². The van der Waals surface area contributed by atoms with E-state index in [2.05, 4.69) is 228 Å². The zero-order chi connectivity index (χ0) is 40.1. The summed E-state index contributed by atoms with van der Waals surface area (Å²) in [5, 5.41) is 8.34. The van der Waals surface area contributed by atoms with Crippen LogP contribution in [0.1, 0.15) is 0 Å². The van der Waals surface area contributed by atoms with Crippen molar-refractivity contribution in [2.75, 3.05) is 0 Å². The first-order valence-electron chi connectivity index (χ1n) is 20.8. The number of aromatic nitrogens is 2. The van der Waals surface area contributed by atoms with Gasteiger partial charge in [0.05, 0.1) is 31.5 Å². The van der Waals surface area contributed by atoms with Crippen LogP contribution in [0.2, 0.25) is 0 Å². The summed E-state index contributed by atoms with van der Waals surface area (Å²) in [7, 11) is -2.54. The summed E-state index contributed by atoms with van der Waals surface area (Å²) in [6.45, 7) is 0. The lowest BCUT2D eigenvalue weighted by Gasteiger charge is -2.44. The van der Waals surface area contributed by atoms with E-state index < -0.39 is 8.07 Å². The quantitative estimate of drug-likeness (QED) is 0.148. The number of benzene rings is 8. The maximum absolute atomic E-state index is 2.54. The van der Waals surface area contributed by atoms with Gasteiger partial charge in [-0.2, -0.15) is 20.7 Å². The Bertz CT molecular complexity index is 3590. The molecule has 0 fully saturated rings. The molecule has 5 heteroatoms. The van der Waals surface area contributed by atoms with Crippen molar-refractivity contribution < 1.29 is 0 Å². The van der Waals surface area contributed by atoms with Crippen molar-refractivity contribution in [3.63, 3.8) is 0 Å². The van der Waals surface area contributed by atoms with Gasteiger partial charge in [0.1, 0.15) is 0 Å². The van der Waals surface area contributed by atoms with E-state index in [9.17, 15) is 0 Å². The van der Waals surface area contributed by atoms with Crippen molar-refractivity contribution in [1.82, 2.24) is 9.13 Å². The number of hydrogen-bond acceptors (Lipinski definition) is 2. The average molecular weight is 829 g/mol. The molecule has 0 saturated carbocycles. The summed E-state index contributed by atoms with van der Waals surface area (Å²) in [5.41, 5.74) is 12.6. The fraction of sp³-hybridized carbons (Fsp3) is 0. The predicted molar refractivity (Wildman–Crippen MR) is 264 cm³/mol. The molecular formula is C56H36N2S2Si-. The molecule has 61 heavy (non-hydrogen) atoms. The number of hydrogen-bond donors (Lipinski definition) is 0. The van der Waals surface area contributed by atoms with Crippen molar-refractivity contribution in [2.45, 2.75) is 0 Å². The topological polar surface area (TPSA) is 9.86 Å². The van der Waals surface area contributed by atoms with Gasteiger partial charge in [0.2, 0.25) is 0 Å². The molecule has 1 aliphatic heterocycles. The van der Waals surface area contributed by atoms with Crippen LogP contribution in [0.15, 0.2) is 218 Å². The lowest BCUT2D eigenvalue weighted by atomic mass is 10.0. The second kappa shape index (κ2) is 13.5. The number of fused-ring (bicyclic) bond motifs is 9. The summed E-state index contributed by atoms with van der Waals surface area (Å²) < 4.78 is 7.55. The largest absolute Gasteiger partial charge is 0.309 e.